The molecular weight excluding hydrogens is 352 g/mol. The maximum Gasteiger partial charge on any atom is 0.264 e. The summed E-state index contributed by atoms with van der Waals surface area (Å²) in [4.78, 5) is 17.6. The molecule has 1 aromatic carbocycles. The van der Waals surface area contributed by atoms with Crippen LogP contribution in [0.25, 0.3) is 6.08 Å². The van der Waals surface area contributed by atoms with Crippen molar-refractivity contribution in [2.24, 2.45) is 4.99 Å². The Morgan fingerprint density at radius 3 is 2.46 bits per heavy atom. The highest BCUT2D eigenvalue weighted by atomic mass is 32.2. The molecule has 2 aliphatic rings. The maximum absolute atomic E-state index is 12.3. The molecule has 1 aliphatic heterocycles. The molecular formula is C19H24N2O4S. The molecule has 1 heterocycles. The lowest BCUT2D eigenvalue weighted by Gasteiger charge is -2.17. The Morgan fingerprint density at radius 1 is 1.08 bits per heavy atom. The van der Waals surface area contributed by atoms with E-state index in [-0.39, 0.29) is 5.91 Å². The van der Waals surface area contributed by atoms with E-state index >= 15 is 0 Å². The van der Waals surface area contributed by atoms with Crippen LogP contribution in [0.15, 0.2) is 22.0 Å². The first kappa shape index (κ1) is 18.6. The van der Waals surface area contributed by atoms with Crippen molar-refractivity contribution < 1.29 is 19.0 Å². The fourth-order valence-electron chi connectivity index (χ4n) is 3.24. The first-order valence-corrected chi connectivity index (χ1v) is 9.55. The predicted octanol–water partition coefficient (Wildman–Crippen LogP) is 3.61. The molecule has 0 bridgehead atoms. The molecule has 1 saturated carbocycles. The number of nitrogens with zero attached hydrogens (tertiary/aromatic N) is 1. The first-order chi connectivity index (χ1) is 12.7. The summed E-state index contributed by atoms with van der Waals surface area (Å²) in [5, 5.41) is 3.56. The number of amidine groups is 1. The number of hydrogen-bond acceptors (Lipinski definition) is 6. The second kappa shape index (κ2) is 8.49. The Kier molecular flexibility index (Phi) is 6.08. The van der Waals surface area contributed by atoms with Crippen molar-refractivity contribution in [1.29, 1.82) is 0 Å². The monoisotopic (exact) mass is 376 g/mol. The van der Waals surface area contributed by atoms with Crippen molar-refractivity contribution in [3.63, 3.8) is 0 Å². The molecule has 1 saturated heterocycles. The van der Waals surface area contributed by atoms with E-state index in [1.54, 1.807) is 33.5 Å². The standard InChI is InChI=1S/C19H24N2O4S/c1-23-14-10-9-12(16(24-2)17(14)25-3)11-15-18(22)21-19(26-15)20-13-7-5-4-6-8-13/h9-11,13H,4-8H2,1-3H3,(H,20,21,22)/b15-11-. The van der Waals surface area contributed by atoms with Gasteiger partial charge in [-0.05, 0) is 42.8 Å². The average molecular weight is 376 g/mol. The first-order valence-electron chi connectivity index (χ1n) is 8.74. The fourth-order valence-corrected chi connectivity index (χ4v) is 4.13. The number of carbonyl (C=O) groups is 1. The highest BCUT2D eigenvalue weighted by molar-refractivity contribution is 8.18. The summed E-state index contributed by atoms with van der Waals surface area (Å²) in [6.45, 7) is 0. The zero-order chi connectivity index (χ0) is 18.5. The third kappa shape index (κ3) is 3.98. The largest absolute Gasteiger partial charge is 0.493 e. The maximum atomic E-state index is 12.3. The Morgan fingerprint density at radius 2 is 1.81 bits per heavy atom. The van der Waals surface area contributed by atoms with Crippen molar-refractivity contribution in [3.8, 4) is 17.2 Å². The number of aliphatic imine (C=N–C) groups is 1. The van der Waals surface area contributed by atoms with Crippen molar-refractivity contribution in [2.45, 2.75) is 38.1 Å². The SMILES string of the molecule is COc1ccc(/C=C2\SC(=NC3CCCCC3)NC2=O)c(OC)c1OC. The van der Waals surface area contributed by atoms with Crippen LogP contribution in [0, 0.1) is 0 Å². The molecule has 7 heteroatoms. The molecule has 1 aromatic rings. The Balaban J connectivity index is 1.85. The van der Waals surface area contributed by atoms with Crippen LogP contribution in [0.5, 0.6) is 17.2 Å². The van der Waals surface area contributed by atoms with Crippen molar-refractivity contribution >= 4 is 28.9 Å². The summed E-state index contributed by atoms with van der Waals surface area (Å²) in [5.74, 6) is 1.48. The minimum Gasteiger partial charge on any atom is -0.493 e. The van der Waals surface area contributed by atoms with Gasteiger partial charge in [-0.15, -0.1) is 0 Å². The lowest BCUT2D eigenvalue weighted by Crippen LogP contribution is -2.22. The van der Waals surface area contributed by atoms with Crippen LogP contribution in [0.2, 0.25) is 0 Å². The van der Waals surface area contributed by atoms with Crippen molar-refractivity contribution in [3.05, 3.63) is 22.6 Å². The highest BCUT2D eigenvalue weighted by Crippen LogP contribution is 2.41. The zero-order valence-electron chi connectivity index (χ0n) is 15.3. The van der Waals surface area contributed by atoms with E-state index in [1.165, 1.54) is 31.0 Å². The van der Waals surface area contributed by atoms with Gasteiger partial charge in [-0.25, -0.2) is 0 Å². The van der Waals surface area contributed by atoms with Crippen LogP contribution in [-0.2, 0) is 4.79 Å². The normalized spacial score (nSPS) is 21.1. The molecule has 0 radical (unpaired) electrons. The number of hydrogen-bond donors (Lipinski definition) is 1. The van der Waals surface area contributed by atoms with Gasteiger partial charge in [-0.3, -0.25) is 9.79 Å². The van der Waals surface area contributed by atoms with Gasteiger partial charge < -0.3 is 19.5 Å². The zero-order valence-corrected chi connectivity index (χ0v) is 16.1. The molecule has 140 valence electrons. The molecule has 1 amide bonds. The number of nitrogens with one attached hydrogen (secondary N) is 1. The minimum absolute atomic E-state index is 0.138. The number of ether oxygens (including phenoxy) is 3. The predicted molar refractivity (Wildman–Crippen MR) is 104 cm³/mol. The van der Waals surface area contributed by atoms with E-state index in [1.807, 2.05) is 6.07 Å². The van der Waals surface area contributed by atoms with Crippen LogP contribution >= 0.6 is 11.8 Å². The fraction of sp³-hybridized carbons (Fsp3) is 0.474. The van der Waals surface area contributed by atoms with Gasteiger partial charge in [0.25, 0.3) is 5.91 Å². The topological polar surface area (TPSA) is 69.2 Å². The van der Waals surface area contributed by atoms with Gasteiger partial charge in [-0.1, -0.05) is 19.3 Å². The number of thioether (sulfide) groups is 1. The molecule has 3 rings (SSSR count). The van der Waals surface area contributed by atoms with E-state index in [0.717, 1.165) is 18.4 Å². The summed E-state index contributed by atoms with van der Waals surface area (Å²) < 4.78 is 16.2. The summed E-state index contributed by atoms with van der Waals surface area (Å²) in [5.41, 5.74) is 0.752. The second-order valence-corrected chi connectivity index (χ2v) is 7.25. The molecule has 0 aromatic heterocycles. The Hall–Kier alpha value is -2.15. The summed E-state index contributed by atoms with van der Waals surface area (Å²) >= 11 is 1.37. The van der Waals surface area contributed by atoms with E-state index in [2.05, 4.69) is 5.32 Å². The van der Waals surface area contributed by atoms with Crippen LogP contribution in [0.1, 0.15) is 37.7 Å². The van der Waals surface area contributed by atoms with E-state index < -0.39 is 0 Å². The Bertz CT molecular complexity index is 739. The van der Waals surface area contributed by atoms with E-state index in [9.17, 15) is 4.79 Å². The van der Waals surface area contributed by atoms with Gasteiger partial charge in [0.2, 0.25) is 5.75 Å². The molecule has 2 fully saturated rings. The number of methoxy groups -OCH3 is 3. The minimum atomic E-state index is -0.138. The lowest BCUT2D eigenvalue weighted by atomic mass is 9.96. The number of amides is 1. The van der Waals surface area contributed by atoms with Gasteiger partial charge in [0.1, 0.15) is 0 Å². The van der Waals surface area contributed by atoms with Crippen LogP contribution in [0.3, 0.4) is 0 Å². The van der Waals surface area contributed by atoms with Crippen LogP contribution in [0.4, 0.5) is 0 Å². The van der Waals surface area contributed by atoms with Crippen LogP contribution in [-0.4, -0.2) is 38.4 Å². The van der Waals surface area contributed by atoms with Crippen molar-refractivity contribution in [1.82, 2.24) is 5.32 Å². The van der Waals surface area contributed by atoms with Gasteiger partial charge in [0.05, 0.1) is 32.3 Å². The molecule has 26 heavy (non-hydrogen) atoms. The number of carbonyl (C=O) groups excluding carboxylic acids is 1. The van der Waals surface area contributed by atoms with Gasteiger partial charge >= 0.3 is 0 Å². The lowest BCUT2D eigenvalue weighted by molar-refractivity contribution is -0.115. The molecule has 1 N–H and O–H groups in total. The molecule has 0 atom stereocenters. The van der Waals surface area contributed by atoms with Gasteiger partial charge in [0, 0.05) is 5.56 Å². The third-order valence-electron chi connectivity index (χ3n) is 4.55. The average Bonchev–Trinajstić information content (AvgIpc) is 3.00. The highest BCUT2D eigenvalue weighted by Gasteiger charge is 2.26. The molecule has 1 aliphatic carbocycles. The number of benzene rings is 1. The third-order valence-corrected chi connectivity index (χ3v) is 5.47. The summed E-state index contributed by atoms with van der Waals surface area (Å²) in [7, 11) is 4.70. The Labute approximate surface area is 158 Å². The molecule has 0 unspecified atom stereocenters. The van der Waals surface area contributed by atoms with E-state index in [0.29, 0.717) is 33.4 Å². The second-order valence-electron chi connectivity index (χ2n) is 6.21. The van der Waals surface area contributed by atoms with Gasteiger partial charge in [0.15, 0.2) is 16.7 Å². The smallest absolute Gasteiger partial charge is 0.264 e. The van der Waals surface area contributed by atoms with Gasteiger partial charge in [-0.2, -0.15) is 0 Å². The van der Waals surface area contributed by atoms with E-state index in [4.69, 9.17) is 19.2 Å². The summed E-state index contributed by atoms with van der Waals surface area (Å²) in [6.07, 6.45) is 7.71. The molecule has 0 spiro atoms. The number of rotatable bonds is 5. The van der Waals surface area contributed by atoms with Crippen molar-refractivity contribution in [2.75, 3.05) is 21.3 Å². The van der Waals surface area contributed by atoms with Crippen LogP contribution < -0.4 is 19.5 Å². The quantitative estimate of drug-likeness (QED) is 0.795. The molecule has 6 nitrogen and oxygen atoms in total. The summed E-state index contributed by atoms with van der Waals surface area (Å²) in [6, 6.07) is 3.96.